The van der Waals surface area contributed by atoms with Crippen LogP contribution >= 0.6 is 22.9 Å². The zero-order valence-electron chi connectivity index (χ0n) is 18.6. The number of aromatic nitrogens is 2. The number of rotatable bonds is 5. The second-order valence-corrected chi connectivity index (χ2v) is 9.82. The zero-order chi connectivity index (χ0) is 24.9. The molecule has 2 aromatic heterocycles. The van der Waals surface area contributed by atoms with Crippen molar-refractivity contribution in [2.45, 2.75) is 25.5 Å². The number of fused-ring (bicyclic) bond motifs is 2. The summed E-state index contributed by atoms with van der Waals surface area (Å²) in [6.07, 6.45) is 3.42. The minimum Gasteiger partial charge on any atom is -0.462 e. The van der Waals surface area contributed by atoms with Gasteiger partial charge in [0.15, 0.2) is 5.82 Å². The van der Waals surface area contributed by atoms with Crippen LogP contribution in [0.5, 0.6) is 6.01 Å². The topological polar surface area (TPSA) is 108 Å². The standard InChI is InChI=1S/C24H20ClF2N5O2S/c1-32-6-2-3-11(32)10-34-24-30-8-14-15(9-33)19(25)18(20(27)21(14)31-24)12-4-5-16(26)22-17(12)13(7-28)23(29)35-22/h4-5,8,11,33H,2-3,6,9-10,29H2,1H3. The van der Waals surface area contributed by atoms with E-state index >= 15 is 4.39 Å². The van der Waals surface area contributed by atoms with Gasteiger partial charge in [0.2, 0.25) is 0 Å². The number of aliphatic hydroxyl groups is 1. The zero-order valence-corrected chi connectivity index (χ0v) is 20.2. The van der Waals surface area contributed by atoms with Gasteiger partial charge in [0.05, 0.1) is 21.9 Å². The second-order valence-electron chi connectivity index (χ2n) is 8.39. The lowest BCUT2D eigenvalue weighted by Gasteiger charge is -2.19. The Morgan fingerprint density at radius 3 is 2.89 bits per heavy atom. The summed E-state index contributed by atoms with van der Waals surface area (Å²) in [7, 11) is 2.01. The number of likely N-dealkylation sites (N-methyl/N-ethyl adjacent to an activating group) is 1. The van der Waals surface area contributed by atoms with Crippen LogP contribution in [0.15, 0.2) is 18.3 Å². The second kappa shape index (κ2) is 9.17. The van der Waals surface area contributed by atoms with E-state index in [4.69, 9.17) is 22.1 Å². The number of ether oxygens (including phenoxy) is 1. The quantitative estimate of drug-likeness (QED) is 0.390. The van der Waals surface area contributed by atoms with E-state index in [1.54, 1.807) is 0 Å². The summed E-state index contributed by atoms with van der Waals surface area (Å²) in [6, 6.07) is 4.69. The van der Waals surface area contributed by atoms with E-state index in [9.17, 15) is 14.8 Å². The minimum absolute atomic E-state index is 0.00407. The highest BCUT2D eigenvalue weighted by atomic mass is 35.5. The van der Waals surface area contributed by atoms with Gasteiger partial charge in [-0.3, -0.25) is 0 Å². The van der Waals surface area contributed by atoms with Crippen molar-refractivity contribution in [3.63, 3.8) is 0 Å². The number of nitrogens with two attached hydrogens (primary N) is 1. The SMILES string of the molecule is CN1CCCC1COc1ncc2c(CO)c(Cl)c(-c3ccc(F)c4sc(N)c(C#N)c34)c(F)c2n1. The molecule has 0 amide bonds. The van der Waals surface area contributed by atoms with Crippen molar-refractivity contribution >= 4 is 48.9 Å². The maximum atomic E-state index is 16.1. The Kier molecular flexibility index (Phi) is 6.19. The number of nitrogens with zero attached hydrogens (tertiary/aromatic N) is 4. The lowest BCUT2D eigenvalue weighted by atomic mass is 9.95. The fourth-order valence-electron chi connectivity index (χ4n) is 4.57. The number of likely N-dealkylation sites (tertiary alicyclic amines) is 1. The summed E-state index contributed by atoms with van der Waals surface area (Å²) in [5, 5.41) is 20.1. The van der Waals surface area contributed by atoms with Gasteiger partial charge >= 0.3 is 6.01 Å². The van der Waals surface area contributed by atoms with Crippen LogP contribution in [-0.2, 0) is 6.61 Å². The van der Waals surface area contributed by atoms with Crippen molar-refractivity contribution in [3.05, 3.63) is 46.1 Å². The lowest BCUT2D eigenvalue weighted by molar-refractivity contribution is 0.188. The number of anilines is 1. The molecule has 2 aromatic carbocycles. The molecule has 1 aliphatic heterocycles. The molecule has 1 unspecified atom stereocenters. The molecule has 0 radical (unpaired) electrons. The summed E-state index contributed by atoms with van der Waals surface area (Å²) < 4.78 is 36.5. The molecule has 5 rings (SSSR count). The molecule has 3 N–H and O–H groups in total. The molecule has 1 fully saturated rings. The molecular weight excluding hydrogens is 496 g/mol. The number of hydrogen-bond acceptors (Lipinski definition) is 8. The van der Waals surface area contributed by atoms with Gasteiger partial charge < -0.3 is 20.5 Å². The van der Waals surface area contributed by atoms with E-state index in [0.717, 1.165) is 30.7 Å². The van der Waals surface area contributed by atoms with Crippen molar-refractivity contribution in [2.24, 2.45) is 0 Å². The van der Waals surface area contributed by atoms with Crippen LogP contribution in [0.2, 0.25) is 5.02 Å². The molecule has 1 atom stereocenters. The van der Waals surface area contributed by atoms with Crippen LogP contribution in [-0.4, -0.2) is 46.2 Å². The molecule has 7 nitrogen and oxygen atoms in total. The third-order valence-electron chi connectivity index (χ3n) is 6.44. The smallest absolute Gasteiger partial charge is 0.317 e. The maximum absolute atomic E-state index is 16.1. The maximum Gasteiger partial charge on any atom is 0.317 e. The summed E-state index contributed by atoms with van der Waals surface area (Å²) in [6.45, 7) is 0.822. The van der Waals surface area contributed by atoms with E-state index in [-0.39, 0.29) is 65.3 Å². The molecule has 180 valence electrons. The van der Waals surface area contributed by atoms with Gasteiger partial charge in [-0.1, -0.05) is 17.7 Å². The van der Waals surface area contributed by atoms with Gasteiger partial charge in [-0.25, -0.2) is 13.8 Å². The molecule has 0 aliphatic carbocycles. The number of benzene rings is 2. The van der Waals surface area contributed by atoms with Crippen LogP contribution in [0.4, 0.5) is 13.8 Å². The molecule has 4 aromatic rings. The first-order valence-corrected chi connectivity index (χ1v) is 12.1. The highest BCUT2D eigenvalue weighted by Crippen LogP contribution is 2.46. The third-order valence-corrected chi connectivity index (χ3v) is 7.88. The van der Waals surface area contributed by atoms with Gasteiger partial charge in [-0.2, -0.15) is 10.2 Å². The van der Waals surface area contributed by atoms with Crippen molar-refractivity contribution in [1.82, 2.24) is 14.9 Å². The summed E-state index contributed by atoms with van der Waals surface area (Å²) in [5.41, 5.74) is 6.15. The first-order valence-electron chi connectivity index (χ1n) is 10.9. The molecule has 11 heteroatoms. The monoisotopic (exact) mass is 515 g/mol. The van der Waals surface area contributed by atoms with E-state index < -0.39 is 18.2 Å². The minimum atomic E-state index is -0.797. The van der Waals surface area contributed by atoms with Crippen molar-refractivity contribution in [1.29, 1.82) is 5.26 Å². The first kappa shape index (κ1) is 23.6. The van der Waals surface area contributed by atoms with Crippen LogP contribution in [0.1, 0.15) is 24.0 Å². The van der Waals surface area contributed by atoms with Gasteiger partial charge in [0.25, 0.3) is 0 Å². The Labute approximate surface area is 208 Å². The molecule has 1 saturated heterocycles. The third kappa shape index (κ3) is 3.85. The summed E-state index contributed by atoms with van der Waals surface area (Å²) >= 11 is 7.48. The molecule has 35 heavy (non-hydrogen) atoms. The van der Waals surface area contributed by atoms with Gasteiger partial charge in [0.1, 0.15) is 29.0 Å². The number of thiophene rings is 1. The Morgan fingerprint density at radius 2 is 2.20 bits per heavy atom. The average molecular weight is 516 g/mol. The lowest BCUT2D eigenvalue weighted by Crippen LogP contribution is -2.30. The van der Waals surface area contributed by atoms with Gasteiger partial charge in [-0.05, 0) is 38.1 Å². The number of aliphatic hydroxyl groups excluding tert-OH is 1. The predicted octanol–water partition coefficient (Wildman–Crippen LogP) is 4.86. The van der Waals surface area contributed by atoms with Crippen LogP contribution in [0.25, 0.3) is 32.1 Å². The van der Waals surface area contributed by atoms with E-state index in [1.165, 1.54) is 18.3 Å². The Hall–Kier alpha value is -3.10. The Balaban J connectivity index is 1.71. The molecule has 0 spiro atoms. The van der Waals surface area contributed by atoms with Crippen LogP contribution in [0, 0.1) is 23.0 Å². The fourth-order valence-corrected chi connectivity index (χ4v) is 5.86. The predicted molar refractivity (Wildman–Crippen MR) is 131 cm³/mol. The molecule has 0 saturated carbocycles. The van der Waals surface area contributed by atoms with Crippen LogP contribution < -0.4 is 10.5 Å². The number of hydrogen-bond donors (Lipinski definition) is 2. The molecular formula is C24H20ClF2N5O2S. The first-order chi connectivity index (χ1) is 16.8. The summed E-state index contributed by atoms with van der Waals surface area (Å²) in [5.74, 6) is -1.38. The van der Waals surface area contributed by atoms with Gasteiger partial charge in [0, 0.05) is 34.1 Å². The Bertz CT molecular complexity index is 1520. The van der Waals surface area contributed by atoms with E-state index in [2.05, 4.69) is 14.9 Å². The number of nitriles is 1. The number of nitrogen functional groups attached to an aromatic ring is 1. The largest absolute Gasteiger partial charge is 0.462 e. The van der Waals surface area contributed by atoms with E-state index in [0.29, 0.717) is 6.61 Å². The van der Waals surface area contributed by atoms with Crippen molar-refractivity contribution in [2.75, 3.05) is 25.9 Å². The molecule has 0 bridgehead atoms. The highest BCUT2D eigenvalue weighted by molar-refractivity contribution is 7.23. The fraction of sp³-hybridized carbons (Fsp3) is 0.292. The highest BCUT2D eigenvalue weighted by Gasteiger charge is 2.27. The normalized spacial score (nSPS) is 16.3. The Morgan fingerprint density at radius 1 is 1.40 bits per heavy atom. The summed E-state index contributed by atoms with van der Waals surface area (Å²) in [4.78, 5) is 10.6. The van der Waals surface area contributed by atoms with Crippen molar-refractivity contribution < 1.29 is 18.6 Å². The molecule has 3 heterocycles. The van der Waals surface area contributed by atoms with E-state index in [1.807, 2.05) is 13.1 Å². The average Bonchev–Trinajstić information content (AvgIpc) is 3.42. The van der Waals surface area contributed by atoms with Gasteiger partial charge in [-0.15, -0.1) is 11.3 Å². The van der Waals surface area contributed by atoms with Crippen molar-refractivity contribution in [3.8, 4) is 23.2 Å². The molecule has 1 aliphatic rings. The number of halogens is 3. The van der Waals surface area contributed by atoms with Crippen LogP contribution in [0.3, 0.4) is 0 Å².